The van der Waals surface area contributed by atoms with Crippen molar-refractivity contribution in [1.82, 2.24) is 4.90 Å². The quantitative estimate of drug-likeness (QED) is 0.336. The molecule has 10 nitrogen and oxygen atoms in total. The first-order valence-corrected chi connectivity index (χ1v) is 9.97. The van der Waals surface area contributed by atoms with Gasteiger partial charge in [-0.3, -0.25) is 19.3 Å². The molecule has 7 N–H and O–H groups in total. The minimum Gasteiger partial charge on any atom is -0.510 e. The van der Waals surface area contributed by atoms with Gasteiger partial charge in [0.1, 0.15) is 22.8 Å². The van der Waals surface area contributed by atoms with Crippen molar-refractivity contribution in [2.45, 2.75) is 30.6 Å². The van der Waals surface area contributed by atoms with E-state index in [4.69, 9.17) is 5.73 Å². The Balaban J connectivity index is 2.05. The van der Waals surface area contributed by atoms with E-state index in [9.17, 15) is 39.9 Å². The average molecular weight is 444 g/mol. The number of hydrogen-bond donors (Lipinski definition) is 6. The summed E-state index contributed by atoms with van der Waals surface area (Å²) in [5.41, 5.74) is -0.654. The molecule has 10 heteroatoms. The van der Waals surface area contributed by atoms with E-state index < -0.39 is 75.0 Å². The van der Waals surface area contributed by atoms with Crippen molar-refractivity contribution in [2.24, 2.45) is 17.6 Å². The molecule has 0 aromatic heterocycles. The lowest BCUT2D eigenvalue weighted by atomic mass is 9.55. The van der Waals surface area contributed by atoms with Crippen LogP contribution >= 0.6 is 0 Å². The Morgan fingerprint density at radius 3 is 2.34 bits per heavy atom. The molecule has 32 heavy (non-hydrogen) atoms. The Hall–Kier alpha value is -3.21. The Kier molecular flexibility index (Phi) is 4.57. The topological polar surface area (TPSA) is 182 Å². The highest BCUT2D eigenvalue weighted by molar-refractivity contribution is 6.24. The number of ketones is 2. The van der Waals surface area contributed by atoms with Gasteiger partial charge in [0.2, 0.25) is 5.78 Å². The summed E-state index contributed by atoms with van der Waals surface area (Å²) >= 11 is 0. The molecule has 3 unspecified atom stereocenters. The van der Waals surface area contributed by atoms with E-state index in [2.05, 4.69) is 0 Å². The van der Waals surface area contributed by atoms with Gasteiger partial charge >= 0.3 is 0 Å². The van der Waals surface area contributed by atoms with Crippen molar-refractivity contribution < 1.29 is 39.9 Å². The number of carbonyl (C=O) groups is 3. The molecule has 0 saturated carbocycles. The van der Waals surface area contributed by atoms with E-state index in [1.54, 1.807) is 0 Å². The number of aromatic hydroxyl groups is 1. The second kappa shape index (κ2) is 6.64. The van der Waals surface area contributed by atoms with E-state index in [1.165, 1.54) is 44.1 Å². The Morgan fingerprint density at radius 2 is 1.78 bits per heavy atom. The number of amides is 1. The van der Waals surface area contributed by atoms with Crippen LogP contribution in [0.5, 0.6) is 5.75 Å². The second-order valence-electron chi connectivity index (χ2n) is 8.96. The summed E-state index contributed by atoms with van der Waals surface area (Å²) in [5, 5.41) is 55.0. The minimum atomic E-state index is -2.75. The van der Waals surface area contributed by atoms with E-state index >= 15 is 0 Å². The number of phenols is 1. The maximum absolute atomic E-state index is 13.3. The number of nitrogens with zero attached hydrogens (tertiary/aromatic N) is 1. The lowest BCUT2D eigenvalue weighted by molar-refractivity contribution is -0.151. The lowest BCUT2D eigenvalue weighted by Gasteiger charge is -2.52. The Morgan fingerprint density at radius 1 is 1.16 bits per heavy atom. The van der Waals surface area contributed by atoms with Crippen LogP contribution in [0.4, 0.5) is 0 Å². The molecule has 0 heterocycles. The van der Waals surface area contributed by atoms with Crippen LogP contribution in [0.2, 0.25) is 0 Å². The number of benzene rings is 1. The zero-order valence-electron chi connectivity index (χ0n) is 17.7. The van der Waals surface area contributed by atoms with Gasteiger partial charge in [-0.25, -0.2) is 0 Å². The number of nitrogens with two attached hydrogens (primary N) is 1. The highest BCUT2D eigenvalue weighted by Gasteiger charge is 2.65. The monoisotopic (exact) mass is 444 g/mol. The van der Waals surface area contributed by atoms with Crippen LogP contribution in [0.1, 0.15) is 29.3 Å². The van der Waals surface area contributed by atoms with Gasteiger partial charge in [0, 0.05) is 17.4 Å². The zero-order valence-corrected chi connectivity index (χ0v) is 17.7. The van der Waals surface area contributed by atoms with Crippen molar-refractivity contribution in [1.29, 1.82) is 0 Å². The number of hydrogen-bond acceptors (Lipinski definition) is 9. The van der Waals surface area contributed by atoms with Crippen LogP contribution in [0.3, 0.4) is 0 Å². The predicted molar refractivity (Wildman–Crippen MR) is 110 cm³/mol. The van der Waals surface area contributed by atoms with E-state index in [-0.39, 0.29) is 17.5 Å². The molecule has 4 rings (SSSR count). The summed E-state index contributed by atoms with van der Waals surface area (Å²) in [5.74, 6) is -7.89. The van der Waals surface area contributed by atoms with Crippen LogP contribution in [-0.4, -0.2) is 73.6 Å². The molecule has 0 aliphatic heterocycles. The van der Waals surface area contributed by atoms with Gasteiger partial charge in [0.25, 0.3) is 5.91 Å². The number of likely N-dealkylation sites (N-methyl/N-ethyl adjacent to an activating group) is 1. The fourth-order valence-corrected chi connectivity index (χ4v) is 5.51. The van der Waals surface area contributed by atoms with Gasteiger partial charge < -0.3 is 31.3 Å². The number of aliphatic hydroxyl groups is 4. The summed E-state index contributed by atoms with van der Waals surface area (Å²) in [7, 11) is 3.06. The molecule has 5 atom stereocenters. The van der Waals surface area contributed by atoms with Crippen LogP contribution in [-0.2, 0) is 15.2 Å². The maximum Gasteiger partial charge on any atom is 0.255 e. The van der Waals surface area contributed by atoms with Gasteiger partial charge in [0.15, 0.2) is 11.4 Å². The fraction of sp³-hybridized carbons (Fsp3) is 0.409. The molecule has 1 amide bonds. The molecule has 0 radical (unpaired) electrons. The Labute approximate surface area is 182 Å². The number of phenolic OH excluding ortho intramolecular Hbond substituents is 1. The highest BCUT2D eigenvalue weighted by atomic mass is 16.3. The fourth-order valence-electron chi connectivity index (χ4n) is 5.51. The standard InChI is InChI=1S/C22H24N2O8/c1-21(31)8-5-4-6-11(25)12(8)16(26)13-9(21)7-10-15(24(2)3)17(27)14(20(23)30)19(29)22(10,32)18(13)28/h4-6,9-10,15,25,27-28,31-32H,7H2,1-3H3,(H2,23,30)/t9?,10?,15?,21-,22+/m1/s1. The largest absolute Gasteiger partial charge is 0.510 e. The van der Waals surface area contributed by atoms with E-state index in [1.807, 2.05) is 0 Å². The first-order chi connectivity index (χ1) is 14.8. The molecule has 0 saturated heterocycles. The van der Waals surface area contributed by atoms with Crippen molar-refractivity contribution >= 4 is 17.5 Å². The van der Waals surface area contributed by atoms with Crippen LogP contribution < -0.4 is 5.73 Å². The zero-order chi connectivity index (χ0) is 23.9. The third-order valence-electron chi connectivity index (χ3n) is 7.02. The van der Waals surface area contributed by atoms with Crippen molar-refractivity contribution in [3.8, 4) is 5.75 Å². The maximum atomic E-state index is 13.3. The van der Waals surface area contributed by atoms with Gasteiger partial charge in [-0.05, 0) is 39.1 Å². The van der Waals surface area contributed by atoms with E-state index in [0.29, 0.717) is 0 Å². The molecular formula is C22H24N2O8. The summed E-state index contributed by atoms with van der Waals surface area (Å²) in [6.45, 7) is 1.40. The molecule has 1 aromatic rings. The van der Waals surface area contributed by atoms with Gasteiger partial charge in [-0.2, -0.15) is 0 Å². The third kappa shape index (κ3) is 2.48. The number of primary amides is 1. The van der Waals surface area contributed by atoms with E-state index in [0.717, 1.165) is 0 Å². The van der Waals surface area contributed by atoms with Crippen LogP contribution in [0, 0.1) is 11.8 Å². The summed E-state index contributed by atoms with van der Waals surface area (Å²) in [6.07, 6.45) is -0.200. The average Bonchev–Trinajstić information content (AvgIpc) is 2.68. The minimum absolute atomic E-state index is 0.135. The Bertz CT molecular complexity index is 1150. The number of Topliss-reactive ketones (excluding diaryl/α,β-unsaturated/α-hetero) is 2. The number of carbonyl (C=O) groups excluding carboxylic acids is 3. The van der Waals surface area contributed by atoms with Gasteiger partial charge in [-0.1, -0.05) is 12.1 Å². The molecule has 1 aromatic carbocycles. The van der Waals surface area contributed by atoms with Gasteiger partial charge in [-0.15, -0.1) is 0 Å². The van der Waals surface area contributed by atoms with Crippen LogP contribution in [0.15, 0.2) is 40.9 Å². The lowest BCUT2D eigenvalue weighted by Crippen LogP contribution is -2.65. The molecule has 0 fully saturated rings. The number of aliphatic hydroxyl groups excluding tert-OH is 2. The van der Waals surface area contributed by atoms with Crippen molar-refractivity contribution in [3.63, 3.8) is 0 Å². The van der Waals surface area contributed by atoms with Crippen LogP contribution in [0.25, 0.3) is 0 Å². The second-order valence-corrected chi connectivity index (χ2v) is 8.96. The molecule has 0 bridgehead atoms. The first-order valence-electron chi connectivity index (χ1n) is 9.97. The SMILES string of the molecule is CN(C)C1C(O)=C(C(N)=O)C(=O)[C@@]2(O)C(O)=C3C(=O)c4c(O)cccc4[C@@](C)(O)C3CC12. The normalized spacial score (nSPS) is 34.4. The summed E-state index contributed by atoms with van der Waals surface area (Å²) in [4.78, 5) is 39.9. The number of rotatable bonds is 2. The summed E-state index contributed by atoms with van der Waals surface area (Å²) in [6, 6.07) is 3.05. The molecule has 3 aliphatic rings. The number of fused-ring (bicyclic) bond motifs is 3. The highest BCUT2D eigenvalue weighted by Crippen LogP contribution is 2.56. The van der Waals surface area contributed by atoms with Crippen molar-refractivity contribution in [3.05, 3.63) is 52.0 Å². The first kappa shape index (κ1) is 22.0. The third-order valence-corrected chi connectivity index (χ3v) is 7.02. The molecule has 170 valence electrons. The molecule has 0 spiro atoms. The van der Waals surface area contributed by atoms with Gasteiger partial charge in [0.05, 0.1) is 17.2 Å². The summed E-state index contributed by atoms with van der Waals surface area (Å²) < 4.78 is 0. The van der Waals surface area contributed by atoms with Crippen molar-refractivity contribution in [2.75, 3.05) is 14.1 Å². The smallest absolute Gasteiger partial charge is 0.255 e. The molecule has 3 aliphatic carbocycles. The predicted octanol–water partition coefficient (Wildman–Crippen LogP) is -0.214. The molecular weight excluding hydrogens is 420 g/mol.